The molecule has 4 heteroatoms. The zero-order chi connectivity index (χ0) is 12.5. The fourth-order valence-corrected chi connectivity index (χ4v) is 2.12. The Morgan fingerprint density at radius 2 is 2.00 bits per heavy atom. The van der Waals surface area contributed by atoms with Crippen molar-refractivity contribution in [3.8, 4) is 11.8 Å². The first kappa shape index (κ1) is 10.8. The summed E-state index contributed by atoms with van der Waals surface area (Å²) in [5.41, 5.74) is 3.17. The molecule has 18 heavy (non-hydrogen) atoms. The number of benzene rings is 2. The molecule has 0 aliphatic rings. The summed E-state index contributed by atoms with van der Waals surface area (Å²) in [6.45, 7) is 0. The third-order valence-electron chi connectivity index (χ3n) is 2.79. The Kier molecular flexibility index (Phi) is 2.51. The van der Waals surface area contributed by atoms with Crippen molar-refractivity contribution in [2.75, 3.05) is 0 Å². The fourth-order valence-electron chi connectivity index (χ4n) is 1.95. The number of fused-ring (bicyclic) bond motifs is 1. The van der Waals surface area contributed by atoms with E-state index >= 15 is 0 Å². The molecule has 0 spiro atoms. The molecule has 0 amide bonds. The highest BCUT2D eigenvalue weighted by Crippen LogP contribution is 2.23. The first-order valence-electron chi connectivity index (χ1n) is 5.42. The molecular formula is C14H8ClN3. The molecular weight excluding hydrogens is 246 g/mol. The highest BCUT2D eigenvalue weighted by Gasteiger charge is 2.08. The largest absolute Gasteiger partial charge is 0.297 e. The molecule has 2 aromatic carbocycles. The Labute approximate surface area is 109 Å². The monoisotopic (exact) mass is 253 g/mol. The number of aromatic nitrogens is 2. The molecule has 1 aromatic heterocycles. The van der Waals surface area contributed by atoms with Gasteiger partial charge in [-0.25, -0.2) is 4.98 Å². The molecule has 0 aliphatic carbocycles. The van der Waals surface area contributed by atoms with Gasteiger partial charge in [0.15, 0.2) is 0 Å². The molecule has 0 radical (unpaired) electrons. The van der Waals surface area contributed by atoms with Crippen LogP contribution in [0.4, 0.5) is 0 Å². The van der Waals surface area contributed by atoms with Gasteiger partial charge in [-0.05, 0) is 30.3 Å². The second-order valence-corrected chi connectivity index (χ2v) is 4.31. The van der Waals surface area contributed by atoms with E-state index in [-0.39, 0.29) is 0 Å². The van der Waals surface area contributed by atoms with Crippen LogP contribution in [0.5, 0.6) is 0 Å². The summed E-state index contributed by atoms with van der Waals surface area (Å²) < 4.78 is 1.87. The maximum atomic E-state index is 9.15. The number of imidazole rings is 1. The third-order valence-corrected chi connectivity index (χ3v) is 3.03. The van der Waals surface area contributed by atoms with E-state index in [0.29, 0.717) is 10.6 Å². The van der Waals surface area contributed by atoms with Crippen LogP contribution in [0.2, 0.25) is 5.02 Å². The number of para-hydroxylation sites is 2. The van der Waals surface area contributed by atoms with Gasteiger partial charge in [-0.3, -0.25) is 4.57 Å². The van der Waals surface area contributed by atoms with Crippen LogP contribution in [0.15, 0.2) is 48.8 Å². The standard InChI is InChI=1S/C14H8ClN3/c15-11-6-5-10(8-16)14(7-11)18-9-17-12-3-1-2-4-13(12)18/h1-7,9H. The number of nitriles is 1. The van der Waals surface area contributed by atoms with Gasteiger partial charge < -0.3 is 0 Å². The lowest BCUT2D eigenvalue weighted by Gasteiger charge is -2.06. The number of hydrogen-bond donors (Lipinski definition) is 0. The van der Waals surface area contributed by atoms with Crippen molar-refractivity contribution in [3.05, 3.63) is 59.4 Å². The summed E-state index contributed by atoms with van der Waals surface area (Å²) >= 11 is 6.00. The number of rotatable bonds is 1. The smallest absolute Gasteiger partial charge is 0.101 e. The quantitative estimate of drug-likeness (QED) is 0.665. The highest BCUT2D eigenvalue weighted by atomic mass is 35.5. The van der Waals surface area contributed by atoms with E-state index in [0.717, 1.165) is 16.7 Å². The van der Waals surface area contributed by atoms with Crippen molar-refractivity contribution < 1.29 is 0 Å². The van der Waals surface area contributed by atoms with Gasteiger partial charge in [0.1, 0.15) is 12.4 Å². The molecule has 1 heterocycles. The first-order chi connectivity index (χ1) is 8.79. The number of halogens is 1. The predicted molar refractivity (Wildman–Crippen MR) is 70.8 cm³/mol. The van der Waals surface area contributed by atoms with Crippen LogP contribution < -0.4 is 0 Å². The summed E-state index contributed by atoms with van der Waals surface area (Å²) in [6, 6.07) is 15.1. The van der Waals surface area contributed by atoms with Gasteiger partial charge in [-0.1, -0.05) is 23.7 Å². The Morgan fingerprint density at radius 3 is 2.83 bits per heavy atom. The lowest BCUT2D eigenvalue weighted by molar-refractivity contribution is 1.08. The van der Waals surface area contributed by atoms with Crippen LogP contribution in [0, 0.1) is 11.3 Å². The first-order valence-corrected chi connectivity index (χ1v) is 5.79. The summed E-state index contributed by atoms with van der Waals surface area (Å²) in [4.78, 5) is 4.31. The Bertz CT molecular complexity index is 768. The second kappa shape index (κ2) is 4.17. The van der Waals surface area contributed by atoms with E-state index in [9.17, 15) is 0 Å². The van der Waals surface area contributed by atoms with Gasteiger partial charge in [-0.15, -0.1) is 0 Å². The van der Waals surface area contributed by atoms with Crippen molar-refractivity contribution in [3.63, 3.8) is 0 Å². The minimum absolute atomic E-state index is 0.572. The van der Waals surface area contributed by atoms with E-state index in [1.54, 1.807) is 24.5 Å². The SMILES string of the molecule is N#Cc1ccc(Cl)cc1-n1cnc2ccccc21. The maximum Gasteiger partial charge on any atom is 0.101 e. The van der Waals surface area contributed by atoms with Gasteiger partial charge >= 0.3 is 0 Å². The van der Waals surface area contributed by atoms with Gasteiger partial charge in [0, 0.05) is 5.02 Å². The fraction of sp³-hybridized carbons (Fsp3) is 0. The topological polar surface area (TPSA) is 41.6 Å². The summed E-state index contributed by atoms with van der Waals surface area (Å²) in [7, 11) is 0. The lowest BCUT2D eigenvalue weighted by atomic mass is 10.2. The van der Waals surface area contributed by atoms with E-state index in [2.05, 4.69) is 11.1 Å². The maximum absolute atomic E-state index is 9.15. The van der Waals surface area contributed by atoms with Gasteiger partial charge in [0.05, 0.1) is 22.3 Å². The average Bonchev–Trinajstić information content (AvgIpc) is 2.82. The minimum Gasteiger partial charge on any atom is -0.297 e. The average molecular weight is 254 g/mol. The van der Waals surface area contributed by atoms with E-state index < -0.39 is 0 Å². The van der Waals surface area contributed by atoms with Crippen LogP contribution in [0.1, 0.15) is 5.56 Å². The van der Waals surface area contributed by atoms with Crippen molar-refractivity contribution in [1.82, 2.24) is 9.55 Å². The molecule has 3 nitrogen and oxygen atoms in total. The van der Waals surface area contributed by atoms with Crippen molar-refractivity contribution in [1.29, 1.82) is 5.26 Å². The van der Waals surface area contributed by atoms with Crippen LogP contribution >= 0.6 is 11.6 Å². The van der Waals surface area contributed by atoms with Crippen LogP contribution in [-0.2, 0) is 0 Å². The number of hydrogen-bond acceptors (Lipinski definition) is 2. The van der Waals surface area contributed by atoms with Crippen LogP contribution in [-0.4, -0.2) is 9.55 Å². The molecule has 0 aliphatic heterocycles. The predicted octanol–water partition coefficient (Wildman–Crippen LogP) is 3.55. The van der Waals surface area contributed by atoms with Crippen LogP contribution in [0.25, 0.3) is 16.7 Å². The second-order valence-electron chi connectivity index (χ2n) is 3.88. The normalized spacial score (nSPS) is 10.4. The molecule has 0 fully saturated rings. The summed E-state index contributed by atoms with van der Waals surface area (Å²) in [6.07, 6.45) is 1.71. The van der Waals surface area contributed by atoms with Gasteiger partial charge in [0.25, 0.3) is 0 Å². The molecule has 0 saturated carbocycles. The summed E-state index contributed by atoms with van der Waals surface area (Å²) in [5.74, 6) is 0. The molecule has 3 aromatic rings. The molecule has 0 bridgehead atoms. The van der Waals surface area contributed by atoms with E-state index in [1.165, 1.54) is 0 Å². The minimum atomic E-state index is 0.572. The third kappa shape index (κ3) is 1.64. The zero-order valence-electron chi connectivity index (χ0n) is 9.34. The molecule has 0 N–H and O–H groups in total. The van der Waals surface area contributed by atoms with E-state index in [4.69, 9.17) is 16.9 Å². The molecule has 0 unspecified atom stereocenters. The van der Waals surface area contributed by atoms with Crippen molar-refractivity contribution in [2.45, 2.75) is 0 Å². The van der Waals surface area contributed by atoms with E-state index in [1.807, 2.05) is 28.8 Å². The Morgan fingerprint density at radius 1 is 1.17 bits per heavy atom. The molecule has 0 atom stereocenters. The Hall–Kier alpha value is -2.31. The number of nitrogens with zero attached hydrogens (tertiary/aromatic N) is 3. The van der Waals surface area contributed by atoms with Crippen molar-refractivity contribution in [2.24, 2.45) is 0 Å². The molecule has 0 saturated heterocycles. The van der Waals surface area contributed by atoms with Crippen LogP contribution in [0.3, 0.4) is 0 Å². The lowest BCUT2D eigenvalue weighted by Crippen LogP contribution is -1.95. The molecule has 3 rings (SSSR count). The van der Waals surface area contributed by atoms with Gasteiger partial charge in [0.2, 0.25) is 0 Å². The van der Waals surface area contributed by atoms with Crippen molar-refractivity contribution >= 4 is 22.6 Å². The summed E-state index contributed by atoms with van der Waals surface area (Å²) in [5, 5.41) is 9.75. The zero-order valence-corrected chi connectivity index (χ0v) is 10.1. The highest BCUT2D eigenvalue weighted by molar-refractivity contribution is 6.30. The van der Waals surface area contributed by atoms with Gasteiger partial charge in [-0.2, -0.15) is 5.26 Å². The molecule has 86 valence electrons. The Balaban J connectivity index is 2.33.